The van der Waals surface area contributed by atoms with Crippen molar-refractivity contribution in [2.24, 2.45) is 0 Å². The molecule has 0 bridgehead atoms. The van der Waals surface area contributed by atoms with E-state index in [0.717, 1.165) is 16.7 Å². The Kier molecular flexibility index (Phi) is 4.11. The molecule has 0 aliphatic heterocycles. The Bertz CT molecular complexity index is 684. The Labute approximate surface area is 129 Å². The van der Waals surface area contributed by atoms with Crippen molar-refractivity contribution >= 4 is 5.91 Å². The van der Waals surface area contributed by atoms with Crippen molar-refractivity contribution in [2.45, 2.75) is 25.5 Å². The molecule has 0 spiro atoms. The van der Waals surface area contributed by atoms with E-state index in [-0.39, 0.29) is 18.6 Å². The topological polar surface area (TPSA) is 58.6 Å². The number of benzene rings is 2. The highest BCUT2D eigenvalue weighted by Gasteiger charge is 2.31. The first-order chi connectivity index (χ1) is 10.6. The number of ether oxygens (including phenoxy) is 1. The highest BCUT2D eigenvalue weighted by Crippen LogP contribution is 2.31. The van der Waals surface area contributed by atoms with Gasteiger partial charge in [0.05, 0.1) is 12.1 Å². The van der Waals surface area contributed by atoms with E-state index in [9.17, 15) is 9.90 Å². The van der Waals surface area contributed by atoms with Crippen molar-refractivity contribution in [3.8, 4) is 5.75 Å². The predicted molar refractivity (Wildman–Crippen MR) is 83.7 cm³/mol. The third-order valence-corrected chi connectivity index (χ3v) is 3.97. The van der Waals surface area contributed by atoms with E-state index in [2.05, 4.69) is 5.32 Å². The average molecular weight is 297 g/mol. The summed E-state index contributed by atoms with van der Waals surface area (Å²) in [5.74, 6) is 0.467. The lowest BCUT2D eigenvalue weighted by molar-refractivity contribution is -0.124. The van der Waals surface area contributed by atoms with E-state index < -0.39 is 6.10 Å². The van der Waals surface area contributed by atoms with E-state index in [0.29, 0.717) is 12.2 Å². The molecule has 114 valence electrons. The quantitative estimate of drug-likeness (QED) is 0.909. The highest BCUT2D eigenvalue weighted by atomic mass is 16.5. The second-order valence-corrected chi connectivity index (χ2v) is 5.57. The summed E-state index contributed by atoms with van der Waals surface area (Å²) in [6.45, 7) is 1.88. The van der Waals surface area contributed by atoms with E-state index in [1.54, 1.807) is 0 Å². The number of aliphatic hydroxyl groups excluding tert-OH is 1. The molecule has 0 unspecified atom stereocenters. The fraction of sp³-hybridized carbons (Fsp3) is 0.278. The summed E-state index contributed by atoms with van der Waals surface area (Å²) in [4.78, 5) is 12.1. The number of aryl methyl sites for hydroxylation is 1. The van der Waals surface area contributed by atoms with Crippen LogP contribution in [0.2, 0.25) is 0 Å². The number of hydrogen-bond acceptors (Lipinski definition) is 3. The number of amides is 1. The van der Waals surface area contributed by atoms with Gasteiger partial charge < -0.3 is 15.2 Å². The van der Waals surface area contributed by atoms with Crippen LogP contribution in [0.4, 0.5) is 0 Å². The summed E-state index contributed by atoms with van der Waals surface area (Å²) in [5.41, 5.74) is 3.06. The lowest BCUT2D eigenvalue weighted by Gasteiger charge is -2.18. The van der Waals surface area contributed by atoms with Crippen LogP contribution in [-0.2, 0) is 11.2 Å². The van der Waals surface area contributed by atoms with Gasteiger partial charge in [0.25, 0.3) is 5.91 Å². The van der Waals surface area contributed by atoms with Crippen LogP contribution in [-0.4, -0.2) is 23.7 Å². The van der Waals surface area contributed by atoms with Crippen LogP contribution < -0.4 is 10.1 Å². The third kappa shape index (κ3) is 2.97. The van der Waals surface area contributed by atoms with E-state index >= 15 is 0 Å². The van der Waals surface area contributed by atoms with Gasteiger partial charge in [0.15, 0.2) is 6.61 Å². The van der Waals surface area contributed by atoms with Gasteiger partial charge in [0.2, 0.25) is 0 Å². The van der Waals surface area contributed by atoms with Crippen LogP contribution in [0.1, 0.15) is 22.7 Å². The molecule has 1 aliphatic rings. The molecule has 22 heavy (non-hydrogen) atoms. The minimum Gasteiger partial charge on any atom is -0.484 e. The van der Waals surface area contributed by atoms with Gasteiger partial charge in [-0.05, 0) is 29.7 Å². The molecule has 0 radical (unpaired) electrons. The normalized spacial score (nSPS) is 19.5. The molecule has 2 aromatic carbocycles. The highest BCUT2D eigenvalue weighted by molar-refractivity contribution is 5.78. The lowest BCUT2D eigenvalue weighted by atomic mass is 10.1. The second-order valence-electron chi connectivity index (χ2n) is 5.57. The molecule has 1 aliphatic carbocycles. The molecule has 0 saturated carbocycles. The predicted octanol–water partition coefficient (Wildman–Crippen LogP) is 2.15. The molecular formula is C18H19NO3. The number of carbonyl (C=O) groups is 1. The molecular weight excluding hydrogens is 278 g/mol. The van der Waals surface area contributed by atoms with Crippen molar-refractivity contribution in [2.75, 3.05) is 6.61 Å². The fourth-order valence-electron chi connectivity index (χ4n) is 2.82. The average Bonchev–Trinajstić information content (AvgIpc) is 2.83. The minimum absolute atomic E-state index is 0.0593. The third-order valence-electron chi connectivity index (χ3n) is 3.97. The Balaban J connectivity index is 1.62. The number of para-hydroxylation sites is 1. The Morgan fingerprint density at radius 3 is 2.77 bits per heavy atom. The Hall–Kier alpha value is -2.33. The van der Waals surface area contributed by atoms with Gasteiger partial charge in [0.1, 0.15) is 5.75 Å². The van der Waals surface area contributed by atoms with Crippen molar-refractivity contribution in [3.63, 3.8) is 0 Å². The summed E-state index contributed by atoms with van der Waals surface area (Å²) in [6, 6.07) is 15.0. The number of aliphatic hydroxyl groups is 1. The van der Waals surface area contributed by atoms with E-state index in [1.165, 1.54) is 0 Å². The van der Waals surface area contributed by atoms with E-state index in [1.807, 2.05) is 55.5 Å². The minimum atomic E-state index is -0.584. The van der Waals surface area contributed by atoms with Gasteiger partial charge in [0, 0.05) is 6.42 Å². The zero-order valence-electron chi connectivity index (χ0n) is 12.5. The summed E-state index contributed by atoms with van der Waals surface area (Å²) in [5, 5.41) is 13.0. The Morgan fingerprint density at radius 2 is 1.95 bits per heavy atom. The first-order valence-electron chi connectivity index (χ1n) is 7.39. The number of nitrogens with one attached hydrogen (secondary N) is 1. The summed E-state index contributed by atoms with van der Waals surface area (Å²) in [7, 11) is 0. The standard InChI is InChI=1S/C18H19NO3/c1-12-6-2-5-9-16(12)22-11-17(21)19-18-14-8-4-3-7-13(14)10-15(18)20/h2-9,15,18,20H,10-11H2,1H3,(H,19,21)/t15-,18+/m0/s1. The lowest BCUT2D eigenvalue weighted by Crippen LogP contribution is -2.36. The smallest absolute Gasteiger partial charge is 0.258 e. The monoisotopic (exact) mass is 297 g/mol. The molecule has 0 heterocycles. The zero-order valence-corrected chi connectivity index (χ0v) is 12.5. The van der Waals surface area contributed by atoms with Crippen LogP contribution in [0, 0.1) is 6.92 Å². The first-order valence-corrected chi connectivity index (χ1v) is 7.39. The van der Waals surface area contributed by atoms with Crippen molar-refractivity contribution in [3.05, 3.63) is 65.2 Å². The zero-order chi connectivity index (χ0) is 15.5. The maximum Gasteiger partial charge on any atom is 0.258 e. The number of rotatable bonds is 4. The van der Waals surface area contributed by atoms with Gasteiger partial charge >= 0.3 is 0 Å². The molecule has 4 heteroatoms. The SMILES string of the molecule is Cc1ccccc1OCC(=O)N[C@@H]1c2ccccc2C[C@@H]1O. The van der Waals surface area contributed by atoms with Gasteiger partial charge in [-0.2, -0.15) is 0 Å². The second kappa shape index (κ2) is 6.20. The van der Waals surface area contributed by atoms with Crippen molar-refractivity contribution < 1.29 is 14.6 Å². The maximum atomic E-state index is 12.1. The van der Waals surface area contributed by atoms with Gasteiger partial charge in [-0.1, -0.05) is 42.5 Å². The molecule has 0 saturated heterocycles. The van der Waals surface area contributed by atoms with Crippen LogP contribution >= 0.6 is 0 Å². The van der Waals surface area contributed by atoms with E-state index in [4.69, 9.17) is 4.74 Å². The number of carbonyl (C=O) groups excluding carboxylic acids is 1. The van der Waals surface area contributed by atoms with Crippen LogP contribution in [0.25, 0.3) is 0 Å². The number of hydrogen-bond donors (Lipinski definition) is 2. The van der Waals surface area contributed by atoms with Crippen LogP contribution in [0.5, 0.6) is 5.75 Å². The largest absolute Gasteiger partial charge is 0.484 e. The summed E-state index contributed by atoms with van der Waals surface area (Å²) in [6.07, 6.45) is -0.0143. The van der Waals surface area contributed by atoms with Gasteiger partial charge in [-0.15, -0.1) is 0 Å². The first kappa shape index (κ1) is 14.6. The molecule has 3 rings (SSSR count). The molecule has 0 aromatic heterocycles. The molecule has 4 nitrogen and oxygen atoms in total. The van der Waals surface area contributed by atoms with Crippen LogP contribution in [0.3, 0.4) is 0 Å². The molecule has 2 aromatic rings. The maximum absolute atomic E-state index is 12.1. The molecule has 0 fully saturated rings. The van der Waals surface area contributed by atoms with Crippen molar-refractivity contribution in [1.82, 2.24) is 5.32 Å². The van der Waals surface area contributed by atoms with Crippen LogP contribution in [0.15, 0.2) is 48.5 Å². The molecule has 2 atom stereocenters. The van der Waals surface area contributed by atoms with Crippen molar-refractivity contribution in [1.29, 1.82) is 0 Å². The summed E-state index contributed by atoms with van der Waals surface area (Å²) >= 11 is 0. The molecule has 1 amide bonds. The van der Waals surface area contributed by atoms with Gasteiger partial charge in [-0.25, -0.2) is 0 Å². The number of fused-ring (bicyclic) bond motifs is 1. The Morgan fingerprint density at radius 1 is 1.23 bits per heavy atom. The van der Waals surface area contributed by atoms with Gasteiger partial charge in [-0.3, -0.25) is 4.79 Å². The molecule has 2 N–H and O–H groups in total. The summed E-state index contributed by atoms with van der Waals surface area (Å²) < 4.78 is 5.54. The fourth-order valence-corrected chi connectivity index (χ4v) is 2.82.